The lowest BCUT2D eigenvalue weighted by atomic mass is 10.2. The third-order valence-corrected chi connectivity index (χ3v) is 5.65. The Kier molecular flexibility index (Phi) is 5.00. The molecule has 0 N–H and O–H groups in total. The van der Waals surface area contributed by atoms with Crippen molar-refractivity contribution in [3.63, 3.8) is 0 Å². The van der Waals surface area contributed by atoms with Gasteiger partial charge in [-0.05, 0) is 13.0 Å². The van der Waals surface area contributed by atoms with Crippen molar-refractivity contribution in [3.8, 4) is 0 Å². The van der Waals surface area contributed by atoms with Crippen molar-refractivity contribution < 1.29 is 4.79 Å². The first-order valence-corrected chi connectivity index (χ1v) is 9.84. The maximum Gasteiger partial charge on any atom is 0.275 e. The van der Waals surface area contributed by atoms with Crippen LogP contribution in [0.25, 0.3) is 10.8 Å². The minimum Gasteiger partial charge on any atom is -0.339 e. The number of aryl methyl sites for hydroxylation is 1. The molecule has 1 saturated heterocycles. The fourth-order valence-corrected chi connectivity index (χ4v) is 3.94. The Morgan fingerprint density at radius 1 is 1.19 bits per heavy atom. The van der Waals surface area contributed by atoms with Gasteiger partial charge in [-0.1, -0.05) is 18.2 Å². The first kappa shape index (κ1) is 17.8. The van der Waals surface area contributed by atoms with Gasteiger partial charge in [-0.2, -0.15) is 5.10 Å². The second-order valence-corrected chi connectivity index (χ2v) is 7.77. The van der Waals surface area contributed by atoms with E-state index in [9.17, 15) is 9.59 Å². The number of carbonyl (C=O) groups is 1. The second kappa shape index (κ2) is 7.58. The zero-order chi connectivity index (χ0) is 18.8. The molecule has 1 amide bonds. The molecule has 0 atom stereocenters. The average molecular weight is 383 g/mol. The summed E-state index contributed by atoms with van der Waals surface area (Å²) >= 11 is 1.66. The highest BCUT2D eigenvalue weighted by atomic mass is 32.1. The summed E-state index contributed by atoms with van der Waals surface area (Å²) in [5, 5.41) is 8.69. The highest BCUT2D eigenvalue weighted by Gasteiger charge is 2.22. The highest BCUT2D eigenvalue weighted by molar-refractivity contribution is 7.09. The lowest BCUT2D eigenvalue weighted by Crippen LogP contribution is -2.49. The number of rotatable bonds is 4. The number of amides is 1. The second-order valence-electron chi connectivity index (χ2n) is 6.71. The van der Waals surface area contributed by atoms with Gasteiger partial charge in [-0.25, -0.2) is 9.67 Å². The molecule has 1 aliphatic rings. The first-order valence-electron chi connectivity index (χ1n) is 8.96. The predicted octanol–water partition coefficient (Wildman–Crippen LogP) is 1.51. The van der Waals surface area contributed by atoms with Crippen molar-refractivity contribution in [1.29, 1.82) is 0 Å². The molecule has 3 heterocycles. The molecule has 0 radical (unpaired) electrons. The van der Waals surface area contributed by atoms with Crippen LogP contribution in [0.5, 0.6) is 0 Å². The molecule has 0 saturated carbocycles. The maximum absolute atomic E-state index is 12.6. The zero-order valence-corrected chi connectivity index (χ0v) is 16.0. The van der Waals surface area contributed by atoms with Crippen LogP contribution in [0.3, 0.4) is 0 Å². The predicted molar refractivity (Wildman–Crippen MR) is 105 cm³/mol. The molecule has 1 fully saturated rings. The van der Waals surface area contributed by atoms with Crippen LogP contribution in [0.4, 0.5) is 0 Å². The first-order chi connectivity index (χ1) is 13.1. The molecule has 140 valence electrons. The number of carbonyl (C=O) groups excluding carboxylic acids is 1. The lowest BCUT2D eigenvalue weighted by molar-refractivity contribution is -0.133. The summed E-state index contributed by atoms with van der Waals surface area (Å²) in [5.74, 6) is -0.0657. The zero-order valence-electron chi connectivity index (χ0n) is 15.2. The molecule has 8 heteroatoms. The molecular weight excluding hydrogens is 362 g/mol. The minimum atomic E-state index is -0.223. The lowest BCUT2D eigenvalue weighted by Gasteiger charge is -2.34. The van der Waals surface area contributed by atoms with Crippen molar-refractivity contribution in [2.45, 2.75) is 20.0 Å². The van der Waals surface area contributed by atoms with E-state index in [2.05, 4.69) is 20.4 Å². The Bertz CT molecular complexity index is 1020. The van der Waals surface area contributed by atoms with Crippen molar-refractivity contribution in [1.82, 2.24) is 24.6 Å². The number of thiazole rings is 1. The summed E-state index contributed by atoms with van der Waals surface area (Å²) in [4.78, 5) is 33.8. The van der Waals surface area contributed by atoms with E-state index in [4.69, 9.17) is 0 Å². The smallest absolute Gasteiger partial charge is 0.275 e. The van der Waals surface area contributed by atoms with Gasteiger partial charge in [0.25, 0.3) is 5.56 Å². The van der Waals surface area contributed by atoms with Gasteiger partial charge in [0.15, 0.2) is 0 Å². The summed E-state index contributed by atoms with van der Waals surface area (Å²) in [6.07, 6.45) is 1.64. The number of hydrogen-bond acceptors (Lipinski definition) is 6. The average Bonchev–Trinajstić information content (AvgIpc) is 3.09. The van der Waals surface area contributed by atoms with Gasteiger partial charge < -0.3 is 4.90 Å². The monoisotopic (exact) mass is 383 g/mol. The largest absolute Gasteiger partial charge is 0.339 e. The van der Waals surface area contributed by atoms with Gasteiger partial charge >= 0.3 is 0 Å². The molecular formula is C19H21N5O2S. The molecule has 1 aromatic carbocycles. The van der Waals surface area contributed by atoms with Crippen LogP contribution in [0, 0.1) is 6.92 Å². The standard InChI is InChI=1S/C19H21N5O2S/c1-14-21-16(13-27-14)11-22-6-8-23(9-7-22)18(25)12-24-19(26)17-5-3-2-4-15(17)10-20-24/h2-5,10,13H,6-9,11-12H2,1H3. The molecule has 3 aromatic rings. The van der Waals surface area contributed by atoms with E-state index in [0.717, 1.165) is 35.7 Å². The number of piperazine rings is 1. The van der Waals surface area contributed by atoms with E-state index >= 15 is 0 Å². The van der Waals surface area contributed by atoms with Crippen LogP contribution < -0.4 is 5.56 Å². The molecule has 0 bridgehead atoms. The van der Waals surface area contributed by atoms with E-state index < -0.39 is 0 Å². The maximum atomic E-state index is 12.6. The normalized spacial score (nSPS) is 15.4. The van der Waals surface area contributed by atoms with Crippen molar-refractivity contribution in [2.75, 3.05) is 26.2 Å². The van der Waals surface area contributed by atoms with Crippen LogP contribution in [0.2, 0.25) is 0 Å². The fourth-order valence-electron chi connectivity index (χ4n) is 3.33. The molecule has 7 nitrogen and oxygen atoms in total. The van der Waals surface area contributed by atoms with E-state index in [1.807, 2.05) is 30.0 Å². The van der Waals surface area contributed by atoms with Crippen LogP contribution in [0.15, 0.2) is 40.6 Å². The Morgan fingerprint density at radius 3 is 2.70 bits per heavy atom. The quantitative estimate of drug-likeness (QED) is 0.683. The molecule has 4 rings (SSSR count). The number of aromatic nitrogens is 3. The summed E-state index contributed by atoms with van der Waals surface area (Å²) in [6.45, 7) is 5.74. The van der Waals surface area contributed by atoms with E-state index in [-0.39, 0.29) is 18.0 Å². The summed E-state index contributed by atoms with van der Waals surface area (Å²) in [6, 6.07) is 7.29. The molecule has 0 aliphatic carbocycles. The number of benzene rings is 1. The van der Waals surface area contributed by atoms with Gasteiger partial charge in [0.2, 0.25) is 5.91 Å². The van der Waals surface area contributed by atoms with Crippen LogP contribution in [-0.4, -0.2) is 56.7 Å². The fraction of sp³-hybridized carbons (Fsp3) is 0.368. The summed E-state index contributed by atoms with van der Waals surface area (Å²) in [5.41, 5.74) is 0.864. The van der Waals surface area contributed by atoms with Gasteiger partial charge in [-0.15, -0.1) is 11.3 Å². The third kappa shape index (κ3) is 3.91. The SMILES string of the molecule is Cc1nc(CN2CCN(C(=O)Cn3ncc4ccccc4c3=O)CC2)cs1. The molecule has 2 aromatic heterocycles. The highest BCUT2D eigenvalue weighted by Crippen LogP contribution is 2.12. The Labute approximate surface area is 160 Å². The Balaban J connectivity index is 1.37. The van der Waals surface area contributed by atoms with Crippen LogP contribution >= 0.6 is 11.3 Å². The summed E-state index contributed by atoms with van der Waals surface area (Å²) in [7, 11) is 0. The van der Waals surface area contributed by atoms with Gasteiger partial charge in [0.1, 0.15) is 6.54 Å². The van der Waals surface area contributed by atoms with Gasteiger partial charge in [-0.3, -0.25) is 14.5 Å². The molecule has 1 aliphatic heterocycles. The van der Waals surface area contributed by atoms with E-state index in [1.54, 1.807) is 23.6 Å². The van der Waals surface area contributed by atoms with E-state index in [1.165, 1.54) is 4.68 Å². The number of hydrogen-bond donors (Lipinski definition) is 0. The Morgan fingerprint density at radius 2 is 1.96 bits per heavy atom. The molecule has 0 spiro atoms. The van der Waals surface area contributed by atoms with Crippen molar-refractivity contribution >= 4 is 28.0 Å². The van der Waals surface area contributed by atoms with Gasteiger partial charge in [0.05, 0.1) is 22.3 Å². The van der Waals surface area contributed by atoms with E-state index in [0.29, 0.717) is 18.5 Å². The molecule has 27 heavy (non-hydrogen) atoms. The topological polar surface area (TPSA) is 71.3 Å². The van der Waals surface area contributed by atoms with Crippen LogP contribution in [-0.2, 0) is 17.9 Å². The van der Waals surface area contributed by atoms with Gasteiger partial charge in [0, 0.05) is 43.5 Å². The summed E-state index contributed by atoms with van der Waals surface area (Å²) < 4.78 is 1.26. The molecule has 0 unspecified atom stereocenters. The number of fused-ring (bicyclic) bond motifs is 1. The minimum absolute atomic E-state index is 0.0189. The third-order valence-electron chi connectivity index (χ3n) is 4.82. The number of nitrogens with zero attached hydrogens (tertiary/aromatic N) is 5. The van der Waals surface area contributed by atoms with Crippen molar-refractivity contribution in [2.24, 2.45) is 0 Å². The van der Waals surface area contributed by atoms with Crippen molar-refractivity contribution in [3.05, 3.63) is 56.9 Å². The van der Waals surface area contributed by atoms with Crippen LogP contribution in [0.1, 0.15) is 10.7 Å². The Hall–Kier alpha value is -2.58.